The smallest absolute Gasteiger partial charge is 0.335 e. The van der Waals surface area contributed by atoms with Crippen molar-refractivity contribution >= 4 is 23.8 Å². The minimum atomic E-state index is -1.00. The molecule has 0 saturated heterocycles. The summed E-state index contributed by atoms with van der Waals surface area (Å²) in [5, 5.41) is 14.0. The second-order valence-corrected chi connectivity index (χ2v) is 4.72. The molecule has 0 aromatic heterocycles. The molecule has 0 aliphatic carbocycles. The minimum Gasteiger partial charge on any atom is -0.478 e. The highest BCUT2D eigenvalue weighted by Crippen LogP contribution is 2.09. The molecule has 0 heterocycles. The van der Waals surface area contributed by atoms with Crippen molar-refractivity contribution < 1.29 is 14.7 Å². The van der Waals surface area contributed by atoms with Gasteiger partial charge in [-0.3, -0.25) is 0 Å². The monoisotopic (exact) mass is 296 g/mol. The number of carboxylic acid groups (broad SMARTS) is 1. The summed E-state index contributed by atoms with van der Waals surface area (Å²) in [5.41, 5.74) is 2.85. The Morgan fingerprint density at radius 2 is 1.64 bits per heavy atom. The number of hydrogen-bond donors (Lipinski definition) is 3. The number of aromatic carboxylic acids is 1. The summed E-state index contributed by atoms with van der Waals surface area (Å²) in [6, 6.07) is 13.4. The lowest BCUT2D eigenvalue weighted by molar-refractivity contribution is 0.0697. The number of anilines is 1. The molecule has 2 amide bonds. The maximum absolute atomic E-state index is 11.7. The summed E-state index contributed by atoms with van der Waals surface area (Å²) in [6.07, 6.45) is 3.33. The molecule has 112 valence electrons. The number of amides is 2. The summed E-state index contributed by atoms with van der Waals surface area (Å²) in [5.74, 6) is -1.00. The number of hydrogen-bond acceptors (Lipinski definition) is 2. The standard InChI is InChI=1S/C17H16N2O3/c1-12-2-4-13(5-3-12)10-11-18-17(22)19-15-8-6-14(7-9-15)16(20)21/h2-11H,1H3,(H,20,21)(H2,18,19,22)/b11-10+. The fraction of sp³-hybridized carbons (Fsp3) is 0.0588. The number of benzene rings is 2. The molecular weight excluding hydrogens is 280 g/mol. The van der Waals surface area contributed by atoms with Crippen LogP contribution in [0.15, 0.2) is 54.7 Å². The molecule has 0 spiro atoms. The van der Waals surface area contributed by atoms with E-state index in [0.29, 0.717) is 5.69 Å². The van der Waals surface area contributed by atoms with Gasteiger partial charge in [-0.05, 0) is 42.8 Å². The Hall–Kier alpha value is -3.08. The highest BCUT2D eigenvalue weighted by atomic mass is 16.4. The van der Waals surface area contributed by atoms with Crippen molar-refractivity contribution in [3.8, 4) is 0 Å². The van der Waals surface area contributed by atoms with Crippen molar-refractivity contribution in [3.63, 3.8) is 0 Å². The zero-order valence-corrected chi connectivity index (χ0v) is 12.0. The Balaban J connectivity index is 1.87. The molecule has 0 saturated carbocycles. The van der Waals surface area contributed by atoms with Crippen LogP contribution in [0.1, 0.15) is 21.5 Å². The maximum atomic E-state index is 11.7. The Morgan fingerprint density at radius 3 is 2.23 bits per heavy atom. The number of carboxylic acids is 1. The number of urea groups is 1. The molecule has 2 aromatic rings. The van der Waals surface area contributed by atoms with Gasteiger partial charge in [0.05, 0.1) is 5.56 Å². The van der Waals surface area contributed by atoms with E-state index >= 15 is 0 Å². The quantitative estimate of drug-likeness (QED) is 0.808. The predicted octanol–water partition coefficient (Wildman–Crippen LogP) is 3.49. The first-order valence-electron chi connectivity index (χ1n) is 6.69. The summed E-state index contributed by atoms with van der Waals surface area (Å²) in [7, 11) is 0. The zero-order valence-electron chi connectivity index (χ0n) is 12.0. The van der Waals surface area contributed by atoms with E-state index < -0.39 is 12.0 Å². The second kappa shape index (κ2) is 7.08. The molecule has 3 N–H and O–H groups in total. The van der Waals surface area contributed by atoms with Gasteiger partial charge in [0.1, 0.15) is 0 Å². The second-order valence-electron chi connectivity index (χ2n) is 4.72. The molecule has 5 heteroatoms. The number of carbonyl (C=O) groups excluding carboxylic acids is 1. The molecule has 0 bridgehead atoms. The van der Waals surface area contributed by atoms with Crippen LogP contribution in [0.25, 0.3) is 6.08 Å². The first-order valence-corrected chi connectivity index (χ1v) is 6.69. The third kappa shape index (κ3) is 4.49. The maximum Gasteiger partial charge on any atom is 0.335 e. The van der Waals surface area contributed by atoms with Crippen molar-refractivity contribution in [2.75, 3.05) is 5.32 Å². The number of carbonyl (C=O) groups is 2. The lowest BCUT2D eigenvalue weighted by atomic mass is 10.1. The third-order valence-corrected chi connectivity index (χ3v) is 2.96. The highest BCUT2D eigenvalue weighted by Gasteiger charge is 2.03. The molecular formula is C17H16N2O3. The Labute approximate surface area is 128 Å². The van der Waals surface area contributed by atoms with E-state index in [9.17, 15) is 9.59 Å². The normalized spacial score (nSPS) is 10.4. The van der Waals surface area contributed by atoms with Crippen LogP contribution in [0, 0.1) is 6.92 Å². The van der Waals surface area contributed by atoms with Gasteiger partial charge in [0.15, 0.2) is 0 Å². The van der Waals surface area contributed by atoms with E-state index in [0.717, 1.165) is 5.56 Å². The Kier molecular flexibility index (Phi) is 4.93. The molecule has 22 heavy (non-hydrogen) atoms. The molecule has 0 fully saturated rings. The Morgan fingerprint density at radius 1 is 1.00 bits per heavy atom. The fourth-order valence-corrected chi connectivity index (χ4v) is 1.75. The Bertz CT molecular complexity index is 689. The predicted molar refractivity (Wildman–Crippen MR) is 85.8 cm³/mol. The lowest BCUT2D eigenvalue weighted by Gasteiger charge is -2.04. The molecule has 2 rings (SSSR count). The van der Waals surface area contributed by atoms with Crippen molar-refractivity contribution in [1.82, 2.24) is 5.32 Å². The zero-order chi connectivity index (χ0) is 15.9. The highest BCUT2D eigenvalue weighted by molar-refractivity contribution is 5.92. The molecule has 0 radical (unpaired) electrons. The van der Waals surface area contributed by atoms with Crippen LogP contribution in [-0.4, -0.2) is 17.1 Å². The SMILES string of the molecule is Cc1ccc(/C=C/NC(=O)Nc2ccc(C(=O)O)cc2)cc1. The molecule has 0 unspecified atom stereocenters. The van der Waals surface area contributed by atoms with Crippen molar-refractivity contribution in [3.05, 3.63) is 71.4 Å². The molecule has 5 nitrogen and oxygen atoms in total. The topological polar surface area (TPSA) is 78.4 Å². The van der Waals surface area contributed by atoms with E-state index in [2.05, 4.69) is 10.6 Å². The van der Waals surface area contributed by atoms with Gasteiger partial charge in [-0.25, -0.2) is 9.59 Å². The van der Waals surface area contributed by atoms with Crippen LogP contribution >= 0.6 is 0 Å². The van der Waals surface area contributed by atoms with Crippen molar-refractivity contribution in [2.45, 2.75) is 6.92 Å². The van der Waals surface area contributed by atoms with Gasteiger partial charge in [-0.15, -0.1) is 0 Å². The van der Waals surface area contributed by atoms with Gasteiger partial charge in [0.2, 0.25) is 0 Å². The van der Waals surface area contributed by atoms with E-state index in [1.54, 1.807) is 12.3 Å². The van der Waals surface area contributed by atoms with Crippen molar-refractivity contribution in [1.29, 1.82) is 0 Å². The van der Waals surface area contributed by atoms with Crippen LogP contribution in [-0.2, 0) is 0 Å². The van der Waals surface area contributed by atoms with Gasteiger partial charge in [0, 0.05) is 11.9 Å². The van der Waals surface area contributed by atoms with Crippen LogP contribution in [0.2, 0.25) is 0 Å². The van der Waals surface area contributed by atoms with Crippen LogP contribution in [0.5, 0.6) is 0 Å². The van der Waals surface area contributed by atoms with Gasteiger partial charge in [-0.2, -0.15) is 0 Å². The number of aryl methyl sites for hydroxylation is 1. The summed E-state index contributed by atoms with van der Waals surface area (Å²) >= 11 is 0. The molecule has 0 atom stereocenters. The van der Waals surface area contributed by atoms with Crippen LogP contribution in [0.3, 0.4) is 0 Å². The number of rotatable bonds is 4. The average molecular weight is 296 g/mol. The lowest BCUT2D eigenvalue weighted by Crippen LogP contribution is -2.23. The van der Waals surface area contributed by atoms with Crippen LogP contribution < -0.4 is 10.6 Å². The first-order chi connectivity index (χ1) is 10.5. The largest absolute Gasteiger partial charge is 0.478 e. The fourth-order valence-electron chi connectivity index (χ4n) is 1.75. The van der Waals surface area contributed by atoms with Crippen molar-refractivity contribution in [2.24, 2.45) is 0 Å². The minimum absolute atomic E-state index is 0.172. The molecule has 2 aromatic carbocycles. The van der Waals surface area contributed by atoms with Crippen LogP contribution in [0.4, 0.5) is 10.5 Å². The van der Waals surface area contributed by atoms with Gasteiger partial charge in [0.25, 0.3) is 0 Å². The van der Waals surface area contributed by atoms with Gasteiger partial charge in [-0.1, -0.05) is 29.8 Å². The number of nitrogens with one attached hydrogen (secondary N) is 2. The van der Waals surface area contributed by atoms with E-state index in [1.165, 1.54) is 29.8 Å². The molecule has 0 aliphatic rings. The first kappa shape index (κ1) is 15.3. The third-order valence-electron chi connectivity index (χ3n) is 2.96. The van der Waals surface area contributed by atoms with E-state index in [4.69, 9.17) is 5.11 Å². The summed E-state index contributed by atoms with van der Waals surface area (Å²) in [6.45, 7) is 2.01. The summed E-state index contributed by atoms with van der Waals surface area (Å²) in [4.78, 5) is 22.4. The average Bonchev–Trinajstić information content (AvgIpc) is 2.50. The van der Waals surface area contributed by atoms with E-state index in [1.807, 2.05) is 31.2 Å². The van der Waals surface area contributed by atoms with Gasteiger partial charge >= 0.3 is 12.0 Å². The van der Waals surface area contributed by atoms with Gasteiger partial charge < -0.3 is 15.7 Å². The summed E-state index contributed by atoms with van der Waals surface area (Å²) < 4.78 is 0. The van der Waals surface area contributed by atoms with E-state index in [-0.39, 0.29) is 5.56 Å². The molecule has 0 aliphatic heterocycles.